The van der Waals surface area contributed by atoms with Gasteiger partial charge in [0.15, 0.2) is 0 Å². The fourth-order valence-corrected chi connectivity index (χ4v) is 7.21. The first-order chi connectivity index (χ1) is 22.3. The van der Waals surface area contributed by atoms with E-state index in [-0.39, 0.29) is 0 Å². The fraction of sp³-hybridized carbons (Fsp3) is 0.930. The van der Waals surface area contributed by atoms with E-state index in [0.29, 0.717) is 0 Å². The van der Waals surface area contributed by atoms with Crippen molar-refractivity contribution in [2.75, 3.05) is 0 Å². The molecule has 0 N–H and O–H groups in total. The molecule has 0 aliphatic heterocycles. The van der Waals surface area contributed by atoms with Crippen molar-refractivity contribution in [2.24, 2.45) is 0 Å². The molecule has 2 heteroatoms. The maximum Gasteiger partial charge on any atom is 0.256 e. The second-order valence-electron chi connectivity index (χ2n) is 14.8. The summed E-state index contributed by atoms with van der Waals surface area (Å²) in [5.41, 5.74) is 0. The molecule has 0 amide bonds. The number of aryl methyl sites for hydroxylation is 2. The molecule has 0 saturated heterocycles. The molecule has 0 saturated carbocycles. The average Bonchev–Trinajstić information content (AvgIpc) is 3.43. The van der Waals surface area contributed by atoms with Crippen LogP contribution in [0, 0.1) is 0 Å². The predicted molar refractivity (Wildman–Crippen MR) is 202 cm³/mol. The Morgan fingerprint density at radius 2 is 0.689 bits per heavy atom. The van der Waals surface area contributed by atoms with E-state index in [9.17, 15) is 0 Å². The van der Waals surface area contributed by atoms with Gasteiger partial charge in [-0.15, -0.1) is 0 Å². The number of aromatic nitrogens is 2. The lowest BCUT2D eigenvalue weighted by molar-refractivity contribution is -0.704. The molecule has 0 spiro atoms. The first kappa shape index (κ1) is 42.2. The van der Waals surface area contributed by atoms with Gasteiger partial charge in [-0.2, -0.15) is 0 Å². The van der Waals surface area contributed by atoms with Crippen LogP contribution in [0.15, 0.2) is 12.4 Å². The summed E-state index contributed by atoms with van der Waals surface area (Å²) in [6.07, 6.45) is 54.9. The standard InChI is InChI=1S/C43H85N2/c1-4-7-10-13-16-18-20-21-22-23-24-25-26-28-30-32-35-38-43-44(39-36-33-15-12-9-6-3)41-42-45(43)40-37-34-31-29-27-19-17-14-11-8-5-2/h41-42H,4-40H2,1-3H3/q+1. The smallest absolute Gasteiger partial charge is 0.234 e. The third kappa shape index (κ3) is 26.9. The van der Waals surface area contributed by atoms with Crippen molar-refractivity contribution in [2.45, 2.75) is 259 Å². The summed E-state index contributed by atoms with van der Waals surface area (Å²) in [6, 6.07) is 0. The first-order valence-electron chi connectivity index (χ1n) is 21.4. The number of hydrogen-bond donors (Lipinski definition) is 0. The first-order valence-corrected chi connectivity index (χ1v) is 21.4. The molecule has 1 heterocycles. The van der Waals surface area contributed by atoms with Crippen LogP contribution in [0.4, 0.5) is 0 Å². The third-order valence-electron chi connectivity index (χ3n) is 10.3. The molecule has 0 bridgehead atoms. The van der Waals surface area contributed by atoms with E-state index in [1.165, 1.54) is 238 Å². The highest BCUT2D eigenvalue weighted by Gasteiger charge is 2.16. The Morgan fingerprint density at radius 3 is 1.07 bits per heavy atom. The molecule has 0 radical (unpaired) electrons. The Balaban J connectivity index is 2.19. The minimum atomic E-state index is 1.23. The molecule has 1 rings (SSSR count). The van der Waals surface area contributed by atoms with Crippen molar-refractivity contribution in [3.05, 3.63) is 18.2 Å². The van der Waals surface area contributed by atoms with Gasteiger partial charge >= 0.3 is 0 Å². The monoisotopic (exact) mass is 630 g/mol. The Hall–Kier alpha value is -0.790. The zero-order valence-corrected chi connectivity index (χ0v) is 31.7. The van der Waals surface area contributed by atoms with Gasteiger partial charge in [-0.05, 0) is 32.1 Å². The minimum absolute atomic E-state index is 1.23. The molecular formula is C43H85N2+. The van der Waals surface area contributed by atoms with Gasteiger partial charge in [-0.1, -0.05) is 207 Å². The van der Waals surface area contributed by atoms with Gasteiger partial charge in [0.2, 0.25) is 0 Å². The summed E-state index contributed by atoms with van der Waals surface area (Å²) >= 11 is 0. The highest BCUT2D eigenvalue weighted by Crippen LogP contribution is 2.16. The molecule has 0 atom stereocenters. The van der Waals surface area contributed by atoms with Gasteiger partial charge in [0.05, 0.1) is 13.1 Å². The van der Waals surface area contributed by atoms with Crippen molar-refractivity contribution < 1.29 is 4.57 Å². The van der Waals surface area contributed by atoms with E-state index in [4.69, 9.17) is 0 Å². The second-order valence-corrected chi connectivity index (χ2v) is 14.8. The normalized spacial score (nSPS) is 11.6. The molecule has 0 aromatic carbocycles. The summed E-state index contributed by atoms with van der Waals surface area (Å²) in [4.78, 5) is 0. The van der Waals surface area contributed by atoms with Crippen molar-refractivity contribution in [3.8, 4) is 0 Å². The van der Waals surface area contributed by atoms with Crippen LogP contribution >= 0.6 is 0 Å². The van der Waals surface area contributed by atoms with E-state index in [0.717, 1.165) is 0 Å². The van der Waals surface area contributed by atoms with E-state index in [1.54, 1.807) is 5.82 Å². The number of rotatable bonds is 37. The van der Waals surface area contributed by atoms with Crippen LogP contribution in [0.1, 0.15) is 245 Å². The van der Waals surface area contributed by atoms with Gasteiger partial charge in [-0.25, -0.2) is 9.13 Å². The SMILES string of the molecule is CCCCCCCCCCCCCCCCCCCc1n(CCCCCCCC)cc[n+]1CCCCCCCCCCCCC. The van der Waals surface area contributed by atoms with Crippen LogP contribution in [0.3, 0.4) is 0 Å². The van der Waals surface area contributed by atoms with Crippen LogP contribution in [-0.2, 0) is 19.5 Å². The molecule has 1 aromatic heterocycles. The zero-order valence-electron chi connectivity index (χ0n) is 31.7. The molecule has 0 aliphatic carbocycles. The van der Waals surface area contributed by atoms with Crippen LogP contribution in [-0.4, -0.2) is 4.57 Å². The van der Waals surface area contributed by atoms with E-state index in [1.807, 2.05) is 0 Å². The maximum absolute atomic E-state index is 2.64. The average molecular weight is 630 g/mol. The molecule has 2 nitrogen and oxygen atoms in total. The van der Waals surface area contributed by atoms with Gasteiger partial charge < -0.3 is 0 Å². The fourth-order valence-electron chi connectivity index (χ4n) is 7.21. The van der Waals surface area contributed by atoms with Crippen LogP contribution in [0.25, 0.3) is 0 Å². The quantitative estimate of drug-likeness (QED) is 0.0511. The molecular weight excluding hydrogens is 544 g/mol. The van der Waals surface area contributed by atoms with Gasteiger partial charge in [0, 0.05) is 6.42 Å². The van der Waals surface area contributed by atoms with Crippen LogP contribution < -0.4 is 4.57 Å². The highest BCUT2D eigenvalue weighted by atomic mass is 15.1. The number of imidazole rings is 1. The Labute approximate surface area is 285 Å². The van der Waals surface area contributed by atoms with Crippen molar-refractivity contribution >= 4 is 0 Å². The summed E-state index contributed by atoms with van der Waals surface area (Å²) in [5.74, 6) is 1.62. The minimum Gasteiger partial charge on any atom is -0.234 e. The molecule has 0 unspecified atom stereocenters. The van der Waals surface area contributed by atoms with E-state index in [2.05, 4.69) is 42.3 Å². The lowest BCUT2D eigenvalue weighted by atomic mass is 10.0. The predicted octanol–water partition coefficient (Wildman–Crippen LogP) is 14.6. The highest BCUT2D eigenvalue weighted by molar-refractivity contribution is 4.84. The van der Waals surface area contributed by atoms with Crippen LogP contribution in [0.2, 0.25) is 0 Å². The van der Waals surface area contributed by atoms with Crippen molar-refractivity contribution in [1.82, 2.24) is 4.57 Å². The summed E-state index contributed by atoms with van der Waals surface area (Å²) in [6.45, 7) is 9.40. The van der Waals surface area contributed by atoms with E-state index < -0.39 is 0 Å². The van der Waals surface area contributed by atoms with Crippen molar-refractivity contribution in [3.63, 3.8) is 0 Å². The topological polar surface area (TPSA) is 8.81 Å². The third-order valence-corrected chi connectivity index (χ3v) is 10.3. The lowest BCUT2D eigenvalue weighted by Crippen LogP contribution is -2.37. The van der Waals surface area contributed by atoms with Gasteiger partial charge in [-0.3, -0.25) is 0 Å². The van der Waals surface area contributed by atoms with Gasteiger partial charge in [0.25, 0.3) is 5.82 Å². The Kier molecular flexibility index (Phi) is 32.4. The van der Waals surface area contributed by atoms with Crippen molar-refractivity contribution in [1.29, 1.82) is 0 Å². The maximum atomic E-state index is 2.64. The van der Waals surface area contributed by atoms with Gasteiger partial charge in [0.1, 0.15) is 12.4 Å². The number of unbranched alkanes of at least 4 members (excludes halogenated alkanes) is 31. The zero-order chi connectivity index (χ0) is 32.3. The molecule has 0 fully saturated rings. The summed E-state index contributed by atoms with van der Waals surface area (Å²) in [7, 11) is 0. The van der Waals surface area contributed by atoms with E-state index >= 15 is 0 Å². The Morgan fingerprint density at radius 1 is 0.378 bits per heavy atom. The number of hydrogen-bond acceptors (Lipinski definition) is 0. The molecule has 266 valence electrons. The summed E-state index contributed by atoms with van der Waals surface area (Å²) in [5, 5.41) is 0. The molecule has 0 aliphatic rings. The number of nitrogens with zero attached hydrogens (tertiary/aromatic N) is 2. The Bertz CT molecular complexity index is 692. The summed E-state index contributed by atoms with van der Waals surface area (Å²) < 4.78 is 5.27. The lowest BCUT2D eigenvalue weighted by Gasteiger charge is -2.07. The largest absolute Gasteiger partial charge is 0.256 e. The molecule has 1 aromatic rings. The van der Waals surface area contributed by atoms with Crippen LogP contribution in [0.5, 0.6) is 0 Å². The second kappa shape index (κ2) is 34.5. The molecule has 45 heavy (non-hydrogen) atoms.